The molecule has 5 nitrogen and oxygen atoms in total. The van der Waals surface area contributed by atoms with E-state index in [9.17, 15) is 10.2 Å². The summed E-state index contributed by atoms with van der Waals surface area (Å²) in [6.07, 6.45) is 4.74. The molecule has 2 aliphatic heterocycles. The molecule has 0 aromatic heterocycles. The van der Waals surface area contributed by atoms with Crippen LogP contribution in [0.1, 0.15) is 64.5 Å². The molecule has 7 atom stereocenters. The Balaban J connectivity index is 1.66. The summed E-state index contributed by atoms with van der Waals surface area (Å²) in [5.41, 5.74) is 0.692. The molecule has 6 aliphatic rings. The van der Waals surface area contributed by atoms with Gasteiger partial charge in [0, 0.05) is 35.5 Å². The topological polar surface area (TPSA) is 62.2 Å². The number of likely N-dealkylation sites (N-methyl/N-ethyl adjacent to an activating group) is 1. The molecule has 1 saturated heterocycles. The highest BCUT2D eigenvalue weighted by Crippen LogP contribution is 2.77. The van der Waals surface area contributed by atoms with E-state index in [-0.39, 0.29) is 34.0 Å². The van der Waals surface area contributed by atoms with E-state index in [1.165, 1.54) is 11.1 Å². The van der Waals surface area contributed by atoms with Gasteiger partial charge in [-0.25, -0.2) is 0 Å². The Kier molecular flexibility index (Phi) is 3.67. The van der Waals surface area contributed by atoms with E-state index < -0.39 is 11.2 Å². The zero-order chi connectivity index (χ0) is 22.2. The Morgan fingerprint density at radius 3 is 2.58 bits per heavy atom. The Morgan fingerprint density at radius 2 is 1.90 bits per heavy atom. The molecule has 1 aromatic carbocycles. The summed E-state index contributed by atoms with van der Waals surface area (Å²) in [4.78, 5) is 2.56. The highest BCUT2D eigenvalue weighted by Gasteiger charge is 2.82. The first-order valence-corrected chi connectivity index (χ1v) is 12.0. The molecule has 0 unspecified atom stereocenters. The van der Waals surface area contributed by atoms with Gasteiger partial charge in [-0.3, -0.25) is 0 Å². The summed E-state index contributed by atoms with van der Waals surface area (Å²) in [7, 11) is 4.08. The third-order valence-corrected chi connectivity index (χ3v) is 10.8. The third kappa shape index (κ3) is 1.94. The number of likely N-dealkylation sites (tertiary alicyclic amines) is 1. The summed E-state index contributed by atoms with van der Waals surface area (Å²) < 4.78 is 13.3. The Labute approximate surface area is 185 Å². The van der Waals surface area contributed by atoms with Gasteiger partial charge < -0.3 is 24.6 Å². The zero-order valence-corrected chi connectivity index (χ0v) is 19.8. The summed E-state index contributed by atoms with van der Waals surface area (Å²) >= 11 is 0. The number of fused-ring (bicyclic) bond motifs is 2. The van der Waals surface area contributed by atoms with Crippen molar-refractivity contribution in [2.24, 2.45) is 16.7 Å². The molecule has 4 aliphatic carbocycles. The van der Waals surface area contributed by atoms with Crippen LogP contribution in [-0.2, 0) is 16.6 Å². The van der Waals surface area contributed by atoms with E-state index in [0.29, 0.717) is 11.8 Å². The molecular formula is C26H37NO4. The molecular weight excluding hydrogens is 390 g/mol. The average Bonchev–Trinajstić information content (AvgIpc) is 3.08. The number of ether oxygens (including phenoxy) is 2. The first kappa shape index (κ1) is 20.3. The highest BCUT2D eigenvalue weighted by molar-refractivity contribution is 5.63. The summed E-state index contributed by atoms with van der Waals surface area (Å²) in [5, 5.41) is 22.9. The van der Waals surface area contributed by atoms with Crippen LogP contribution in [0, 0.1) is 16.7 Å². The SMILES string of the molecule is CO[C@]12CC[C@@]3(C[C@H]1[C@@](C)(O)C(C)(C)C)[C@H]1Cc4ccc(O)c5c4[C@@]3(CCN1C)[C@H]2O5. The van der Waals surface area contributed by atoms with Gasteiger partial charge in [-0.2, -0.15) is 0 Å². The molecule has 4 bridgehead atoms. The van der Waals surface area contributed by atoms with Gasteiger partial charge in [-0.15, -0.1) is 0 Å². The van der Waals surface area contributed by atoms with Crippen molar-refractivity contribution in [1.82, 2.24) is 4.90 Å². The maximum absolute atomic E-state index is 12.0. The molecule has 31 heavy (non-hydrogen) atoms. The van der Waals surface area contributed by atoms with Crippen LogP contribution >= 0.6 is 0 Å². The first-order chi connectivity index (χ1) is 14.5. The average molecular weight is 428 g/mol. The molecule has 2 spiro atoms. The van der Waals surface area contributed by atoms with E-state index >= 15 is 0 Å². The molecule has 170 valence electrons. The smallest absolute Gasteiger partial charge is 0.165 e. The fraction of sp³-hybridized carbons (Fsp3) is 0.769. The van der Waals surface area contributed by atoms with Crippen molar-refractivity contribution >= 4 is 0 Å². The fourth-order valence-corrected chi connectivity index (χ4v) is 8.86. The fourth-order valence-electron chi connectivity index (χ4n) is 8.86. The van der Waals surface area contributed by atoms with Crippen LogP contribution < -0.4 is 4.74 Å². The van der Waals surface area contributed by atoms with Gasteiger partial charge in [0.15, 0.2) is 11.5 Å². The number of aliphatic hydroxyl groups is 1. The maximum atomic E-state index is 12.0. The second-order valence-electron chi connectivity index (χ2n) is 12.3. The number of aromatic hydroxyl groups is 1. The third-order valence-electron chi connectivity index (χ3n) is 10.8. The van der Waals surface area contributed by atoms with E-state index in [1.807, 2.05) is 14.0 Å². The number of phenolic OH excluding ortho intramolecular Hbond substituents is 1. The quantitative estimate of drug-likeness (QED) is 0.755. The number of nitrogens with zero attached hydrogens (tertiary/aromatic N) is 1. The molecule has 7 rings (SSSR count). The monoisotopic (exact) mass is 427 g/mol. The summed E-state index contributed by atoms with van der Waals surface area (Å²) in [6.45, 7) is 9.44. The van der Waals surface area contributed by atoms with Crippen LogP contribution in [0.5, 0.6) is 11.5 Å². The van der Waals surface area contributed by atoms with Crippen molar-refractivity contribution in [3.8, 4) is 11.5 Å². The van der Waals surface area contributed by atoms with Gasteiger partial charge >= 0.3 is 0 Å². The van der Waals surface area contributed by atoms with E-state index in [0.717, 1.165) is 38.6 Å². The lowest BCUT2D eigenvalue weighted by Gasteiger charge is -2.75. The van der Waals surface area contributed by atoms with Crippen LogP contribution in [0.3, 0.4) is 0 Å². The largest absolute Gasteiger partial charge is 0.504 e. The number of phenols is 1. The van der Waals surface area contributed by atoms with Gasteiger partial charge in [0.05, 0.1) is 5.60 Å². The molecule has 5 heteroatoms. The second-order valence-corrected chi connectivity index (χ2v) is 12.3. The lowest BCUT2D eigenvalue weighted by Crippen LogP contribution is -2.83. The van der Waals surface area contributed by atoms with Crippen LogP contribution in [0.25, 0.3) is 0 Å². The lowest BCUT2D eigenvalue weighted by molar-refractivity contribution is -0.311. The molecule has 0 amide bonds. The Hall–Kier alpha value is -1.30. The van der Waals surface area contributed by atoms with Crippen LogP contribution in [-0.4, -0.2) is 59.2 Å². The molecule has 1 aromatic rings. The number of piperidine rings is 1. The van der Waals surface area contributed by atoms with Gasteiger partial charge in [0.25, 0.3) is 0 Å². The lowest BCUT2D eigenvalue weighted by atomic mass is 9.33. The van der Waals surface area contributed by atoms with Gasteiger partial charge in [0.2, 0.25) is 0 Å². The number of benzene rings is 1. The Morgan fingerprint density at radius 1 is 1.16 bits per heavy atom. The van der Waals surface area contributed by atoms with Crippen LogP contribution in [0.2, 0.25) is 0 Å². The van der Waals surface area contributed by atoms with E-state index in [2.05, 4.69) is 38.8 Å². The predicted molar refractivity (Wildman–Crippen MR) is 119 cm³/mol. The number of methoxy groups -OCH3 is 1. The van der Waals surface area contributed by atoms with Crippen molar-refractivity contribution in [2.75, 3.05) is 20.7 Å². The molecule has 2 heterocycles. The van der Waals surface area contributed by atoms with Crippen molar-refractivity contribution < 1.29 is 19.7 Å². The molecule has 0 radical (unpaired) electrons. The highest BCUT2D eigenvalue weighted by atomic mass is 16.6. The summed E-state index contributed by atoms with van der Waals surface area (Å²) in [5.74, 6) is 0.901. The zero-order valence-electron chi connectivity index (χ0n) is 19.8. The van der Waals surface area contributed by atoms with Crippen molar-refractivity contribution in [1.29, 1.82) is 0 Å². The van der Waals surface area contributed by atoms with Crippen molar-refractivity contribution in [2.45, 2.75) is 88.6 Å². The summed E-state index contributed by atoms with van der Waals surface area (Å²) in [6, 6.07) is 4.34. The minimum atomic E-state index is -0.911. The predicted octanol–water partition coefficient (Wildman–Crippen LogP) is 3.63. The standard InChI is InChI=1S/C26H37NO4/c1-22(2,3)23(4,29)17-14-24-9-10-26(17,30-6)21-25(24)11-12-27(5)18(24)13-15-7-8-16(28)20(31-21)19(15)25/h7-8,17-18,21,28-29H,9-14H2,1-6H3/t17-,18+,21+,23+,24+,25-,26+/m0/s1. The minimum Gasteiger partial charge on any atom is -0.504 e. The minimum absolute atomic E-state index is 0.0247. The van der Waals surface area contributed by atoms with Crippen LogP contribution in [0.15, 0.2) is 12.1 Å². The Bertz CT molecular complexity index is 967. The number of rotatable bonds is 2. The maximum Gasteiger partial charge on any atom is 0.165 e. The molecule has 4 fully saturated rings. The number of hydrogen-bond donors (Lipinski definition) is 2. The second kappa shape index (κ2) is 5.60. The van der Waals surface area contributed by atoms with Gasteiger partial charge in [-0.05, 0) is 69.7 Å². The van der Waals surface area contributed by atoms with E-state index in [4.69, 9.17) is 9.47 Å². The number of hydrogen-bond acceptors (Lipinski definition) is 5. The van der Waals surface area contributed by atoms with Crippen LogP contribution in [0.4, 0.5) is 0 Å². The van der Waals surface area contributed by atoms with Gasteiger partial charge in [0.1, 0.15) is 11.7 Å². The van der Waals surface area contributed by atoms with Crippen molar-refractivity contribution in [3.05, 3.63) is 23.3 Å². The van der Waals surface area contributed by atoms with E-state index in [1.54, 1.807) is 6.07 Å². The first-order valence-electron chi connectivity index (χ1n) is 12.0. The van der Waals surface area contributed by atoms with Crippen molar-refractivity contribution in [3.63, 3.8) is 0 Å². The molecule has 2 N–H and O–H groups in total. The van der Waals surface area contributed by atoms with Gasteiger partial charge in [-0.1, -0.05) is 26.8 Å². The molecule has 3 saturated carbocycles. The normalized spacial score (nSPS) is 44.5.